The van der Waals surface area contributed by atoms with Gasteiger partial charge in [-0.15, -0.1) is 0 Å². The number of nitrogens with two attached hydrogens (primary N) is 1. The molecule has 0 saturated carbocycles. The molecule has 0 fully saturated rings. The van der Waals surface area contributed by atoms with E-state index in [0.29, 0.717) is 0 Å². The summed E-state index contributed by atoms with van der Waals surface area (Å²) in [6.07, 6.45) is 0. The Balaban J connectivity index is -0.000000180. The molecule has 0 amide bonds. The average Bonchev–Trinajstić information content (AvgIpc) is 1.30. The van der Waals surface area contributed by atoms with Gasteiger partial charge < -0.3 is 5.73 Å². The van der Waals surface area contributed by atoms with Gasteiger partial charge in [-0.1, -0.05) is 0 Å². The van der Waals surface area contributed by atoms with E-state index in [1.54, 1.807) is 0 Å². The van der Waals surface area contributed by atoms with E-state index in [1.807, 2.05) is 0 Å². The minimum atomic E-state index is -3.80. The summed E-state index contributed by atoms with van der Waals surface area (Å²) in [7, 11) is -3.80. The van der Waals surface area contributed by atoms with Gasteiger partial charge in [0.1, 0.15) is 0 Å². The van der Waals surface area contributed by atoms with Crippen molar-refractivity contribution in [2.45, 2.75) is 0 Å². The fraction of sp³-hybridized carbons (Fsp3) is 1.00. The van der Waals surface area contributed by atoms with E-state index in [4.69, 9.17) is 10.3 Å². The van der Waals surface area contributed by atoms with E-state index >= 15 is 0 Å². The first kappa shape index (κ1) is 17.1. The maximum atomic E-state index is 9.71. The molecule has 0 rings (SSSR count). The first-order valence-corrected chi connectivity index (χ1v) is 3.32. The van der Waals surface area contributed by atoms with Gasteiger partial charge in [-0.05, 0) is 0 Å². The van der Waals surface area contributed by atoms with Crippen molar-refractivity contribution in [1.29, 1.82) is 0 Å². The average molecular weight is 173 g/mol. The van der Waals surface area contributed by atoms with Crippen LogP contribution in [0.4, 0.5) is 0 Å². The van der Waals surface area contributed by atoms with E-state index in [0.717, 1.165) is 0 Å². The van der Waals surface area contributed by atoms with E-state index in [1.165, 1.54) is 0 Å². The zero-order chi connectivity index (χ0) is 5.91. The van der Waals surface area contributed by atoms with Crippen molar-refractivity contribution in [2.24, 2.45) is 5.73 Å². The van der Waals surface area contributed by atoms with Crippen molar-refractivity contribution in [3.63, 3.8) is 0 Å². The Morgan fingerprint density at radius 1 is 1.33 bits per heavy atom. The van der Waals surface area contributed by atoms with Crippen LogP contribution in [-0.2, 0) is 10.1 Å². The molecule has 0 bridgehead atoms. The Morgan fingerprint density at radius 2 is 1.67 bits per heavy atom. The molecule has 0 aromatic heterocycles. The van der Waals surface area contributed by atoms with Crippen LogP contribution >= 0.6 is 0 Å². The van der Waals surface area contributed by atoms with E-state index in [2.05, 4.69) is 0 Å². The van der Waals surface area contributed by atoms with Gasteiger partial charge in [0.2, 0.25) is 0 Å². The second-order valence-corrected chi connectivity index (χ2v) is 2.65. The maximum absolute atomic E-state index is 9.71. The van der Waals surface area contributed by atoms with Gasteiger partial charge in [0, 0.05) is 6.54 Å². The molecule has 9 heavy (non-hydrogen) atoms. The SMILES string of the molecule is NCCS(=O)(=O)O.[NaH].[NaH]. The van der Waals surface area contributed by atoms with Crippen LogP contribution in [0.25, 0.3) is 0 Å². The summed E-state index contributed by atoms with van der Waals surface area (Å²) < 4.78 is 27.3. The molecule has 3 N–H and O–H groups in total. The molecular formula is C2H9NNa2O3S. The summed E-state index contributed by atoms with van der Waals surface area (Å²) in [5.74, 6) is -0.354. The van der Waals surface area contributed by atoms with Gasteiger partial charge in [0.25, 0.3) is 10.1 Å². The summed E-state index contributed by atoms with van der Waals surface area (Å²) in [6.45, 7) is -0.0289. The predicted molar refractivity (Wildman–Crippen MR) is 39.8 cm³/mol. The standard InChI is InChI=1S/C2H7NO3S.2Na.2H/c3-1-2-7(4,5)6;;;;/h1-3H2,(H,4,5,6);;;;. The summed E-state index contributed by atoms with van der Waals surface area (Å²) in [6, 6.07) is 0. The van der Waals surface area contributed by atoms with Gasteiger partial charge in [-0.25, -0.2) is 0 Å². The molecule has 0 aromatic carbocycles. The molecule has 0 aromatic rings. The molecule has 0 spiro atoms. The Kier molecular flexibility index (Phi) is 15.1. The summed E-state index contributed by atoms with van der Waals surface area (Å²) in [5, 5.41) is 0. The van der Waals surface area contributed by atoms with Gasteiger partial charge in [0.15, 0.2) is 0 Å². The molecule has 0 unspecified atom stereocenters. The van der Waals surface area contributed by atoms with Crippen LogP contribution in [0.1, 0.15) is 0 Å². The molecule has 0 heterocycles. The molecule has 48 valence electrons. The minimum absolute atomic E-state index is 0. The number of hydrogen-bond acceptors (Lipinski definition) is 3. The Morgan fingerprint density at radius 3 is 1.67 bits per heavy atom. The topological polar surface area (TPSA) is 80.4 Å². The van der Waals surface area contributed by atoms with Crippen molar-refractivity contribution in [3.8, 4) is 0 Å². The summed E-state index contributed by atoms with van der Waals surface area (Å²) in [5.41, 5.74) is 4.78. The molecule has 7 heteroatoms. The first-order chi connectivity index (χ1) is 3.06. The van der Waals surface area contributed by atoms with E-state index in [-0.39, 0.29) is 71.4 Å². The molecular weight excluding hydrogens is 164 g/mol. The van der Waals surface area contributed by atoms with Crippen LogP contribution in [0.5, 0.6) is 0 Å². The van der Waals surface area contributed by atoms with Gasteiger partial charge in [0.05, 0.1) is 5.75 Å². The monoisotopic (exact) mass is 173 g/mol. The third-order valence-electron chi connectivity index (χ3n) is 0.376. The van der Waals surface area contributed by atoms with Crippen molar-refractivity contribution < 1.29 is 13.0 Å². The normalized spacial score (nSPS) is 9.11. The quantitative estimate of drug-likeness (QED) is 0.358. The number of hydrogen-bond donors (Lipinski definition) is 2. The van der Waals surface area contributed by atoms with Crippen LogP contribution in [0, 0.1) is 0 Å². The zero-order valence-electron chi connectivity index (χ0n) is 3.66. The van der Waals surface area contributed by atoms with Gasteiger partial charge in [-0.2, -0.15) is 8.42 Å². The Hall–Kier alpha value is 1.87. The van der Waals surface area contributed by atoms with Crippen molar-refractivity contribution in [2.75, 3.05) is 12.3 Å². The fourth-order valence-electron chi connectivity index (χ4n) is 0.149. The predicted octanol–water partition coefficient (Wildman–Crippen LogP) is -2.46. The van der Waals surface area contributed by atoms with Crippen molar-refractivity contribution in [3.05, 3.63) is 0 Å². The van der Waals surface area contributed by atoms with Crippen LogP contribution < -0.4 is 5.73 Å². The van der Waals surface area contributed by atoms with Crippen molar-refractivity contribution >= 4 is 69.2 Å². The molecule has 0 radical (unpaired) electrons. The third kappa shape index (κ3) is 17.7. The second kappa shape index (κ2) is 7.97. The molecule has 0 saturated heterocycles. The van der Waals surface area contributed by atoms with Gasteiger partial charge in [-0.3, -0.25) is 4.55 Å². The first-order valence-electron chi connectivity index (χ1n) is 1.71. The number of rotatable bonds is 2. The van der Waals surface area contributed by atoms with Crippen LogP contribution in [0.15, 0.2) is 0 Å². The zero-order valence-corrected chi connectivity index (χ0v) is 4.48. The molecule has 0 aliphatic carbocycles. The Bertz CT molecular complexity index is 133. The summed E-state index contributed by atoms with van der Waals surface area (Å²) in [4.78, 5) is 0. The third-order valence-corrected chi connectivity index (χ3v) is 1.13. The van der Waals surface area contributed by atoms with Crippen molar-refractivity contribution in [1.82, 2.24) is 0 Å². The molecule has 0 atom stereocenters. The van der Waals surface area contributed by atoms with Crippen LogP contribution in [0.2, 0.25) is 0 Å². The molecule has 0 aliphatic rings. The van der Waals surface area contributed by atoms with Crippen LogP contribution in [-0.4, -0.2) is 84.4 Å². The van der Waals surface area contributed by atoms with E-state index in [9.17, 15) is 8.42 Å². The molecule has 0 aliphatic heterocycles. The summed E-state index contributed by atoms with van der Waals surface area (Å²) >= 11 is 0. The van der Waals surface area contributed by atoms with Crippen LogP contribution in [0.3, 0.4) is 0 Å². The second-order valence-electron chi connectivity index (χ2n) is 1.07. The Labute approximate surface area is 98.9 Å². The molecule has 4 nitrogen and oxygen atoms in total. The van der Waals surface area contributed by atoms with Gasteiger partial charge >= 0.3 is 59.1 Å². The fourth-order valence-corrected chi connectivity index (χ4v) is 0.447. The van der Waals surface area contributed by atoms with E-state index < -0.39 is 10.1 Å².